The molecule has 1 fully saturated rings. The molecule has 0 saturated carbocycles. The van der Waals surface area contributed by atoms with E-state index in [4.69, 9.17) is 4.74 Å². The van der Waals surface area contributed by atoms with Crippen LogP contribution in [0.1, 0.15) is 32.4 Å². The number of rotatable bonds is 1. The fourth-order valence-electron chi connectivity index (χ4n) is 1.71. The molecule has 2 atom stereocenters. The lowest BCUT2D eigenvalue weighted by Gasteiger charge is -2.20. The van der Waals surface area contributed by atoms with Gasteiger partial charge in [0.05, 0.1) is 6.04 Å². The zero-order chi connectivity index (χ0) is 13.5. The molecule has 0 bridgehead atoms. The van der Waals surface area contributed by atoms with Gasteiger partial charge in [-0.25, -0.2) is 9.18 Å². The zero-order valence-corrected chi connectivity index (χ0v) is 12.6. The summed E-state index contributed by atoms with van der Waals surface area (Å²) in [7, 11) is 0. The van der Waals surface area contributed by atoms with Crippen molar-refractivity contribution in [2.45, 2.75) is 36.5 Å². The van der Waals surface area contributed by atoms with Crippen molar-refractivity contribution in [3.8, 4) is 0 Å². The van der Waals surface area contributed by atoms with Crippen molar-refractivity contribution in [1.29, 1.82) is 0 Å². The fourth-order valence-corrected chi connectivity index (χ4v) is 2.86. The van der Waals surface area contributed by atoms with Gasteiger partial charge in [0.1, 0.15) is 15.5 Å². The van der Waals surface area contributed by atoms with E-state index in [1.54, 1.807) is 17.0 Å². The fraction of sp³-hybridized carbons (Fsp3) is 0.462. The van der Waals surface area contributed by atoms with Crippen LogP contribution in [0.2, 0.25) is 0 Å². The van der Waals surface area contributed by atoms with Crippen molar-refractivity contribution < 1.29 is 13.9 Å². The Morgan fingerprint density at radius 3 is 2.39 bits per heavy atom. The first-order chi connectivity index (χ1) is 8.29. The average Bonchev–Trinajstić information content (AvgIpc) is 2.89. The Kier molecular flexibility index (Phi) is 3.53. The van der Waals surface area contributed by atoms with Crippen LogP contribution >= 0.6 is 22.6 Å². The molecular formula is C13H15FINO2. The van der Waals surface area contributed by atoms with Crippen LogP contribution in [0.15, 0.2) is 24.3 Å². The number of benzene rings is 1. The van der Waals surface area contributed by atoms with Crippen LogP contribution in [0.25, 0.3) is 0 Å². The molecule has 0 radical (unpaired) electrons. The molecule has 1 aromatic rings. The molecule has 1 heterocycles. The van der Waals surface area contributed by atoms with Crippen molar-refractivity contribution in [2.24, 2.45) is 0 Å². The Hall–Kier alpha value is -0.850. The first-order valence-corrected chi connectivity index (χ1v) is 6.95. The van der Waals surface area contributed by atoms with E-state index in [-0.39, 0.29) is 22.0 Å². The van der Waals surface area contributed by atoms with Crippen molar-refractivity contribution in [3.05, 3.63) is 35.6 Å². The summed E-state index contributed by atoms with van der Waals surface area (Å²) in [5, 5.41) is 0. The monoisotopic (exact) mass is 363 g/mol. The third-order valence-electron chi connectivity index (χ3n) is 2.55. The van der Waals surface area contributed by atoms with Crippen LogP contribution in [-0.2, 0) is 4.74 Å². The number of nitrogens with zero attached hydrogens (tertiary/aromatic N) is 1. The third kappa shape index (κ3) is 2.93. The molecule has 1 aliphatic rings. The van der Waals surface area contributed by atoms with Gasteiger partial charge in [-0.05, 0) is 38.5 Å². The SMILES string of the molecule is CC(C)(C)OC(=O)N1[C@H](c2ccc(F)cc2)[C@@H]1I. The van der Waals surface area contributed by atoms with Crippen LogP contribution < -0.4 is 0 Å². The molecule has 1 aliphatic heterocycles. The standard InChI is InChI=1S/C13H15FINO2/c1-13(2,3)18-12(17)16-10(11(16)15)8-4-6-9(14)7-5-8/h4-7,10-11H,1-3H3/t10-,11-,16?/m1/s1. The molecule has 98 valence electrons. The topological polar surface area (TPSA) is 29.3 Å². The lowest BCUT2D eigenvalue weighted by molar-refractivity contribution is 0.0404. The van der Waals surface area contributed by atoms with Gasteiger partial charge in [-0.1, -0.05) is 34.7 Å². The summed E-state index contributed by atoms with van der Waals surface area (Å²) >= 11 is 2.19. The summed E-state index contributed by atoms with van der Waals surface area (Å²) in [5.74, 6) is -0.270. The van der Waals surface area contributed by atoms with Crippen LogP contribution in [0, 0.1) is 5.82 Å². The highest BCUT2D eigenvalue weighted by Gasteiger charge is 2.52. The van der Waals surface area contributed by atoms with E-state index in [9.17, 15) is 9.18 Å². The lowest BCUT2D eigenvalue weighted by atomic mass is 10.1. The highest BCUT2D eigenvalue weighted by Crippen LogP contribution is 2.47. The number of amides is 1. The van der Waals surface area contributed by atoms with E-state index in [2.05, 4.69) is 22.6 Å². The Bertz CT molecular complexity index is 455. The third-order valence-corrected chi connectivity index (χ3v) is 3.83. The van der Waals surface area contributed by atoms with Gasteiger partial charge in [-0.3, -0.25) is 4.90 Å². The highest BCUT2D eigenvalue weighted by molar-refractivity contribution is 14.1. The molecule has 1 saturated heterocycles. The molecule has 18 heavy (non-hydrogen) atoms. The molecule has 1 amide bonds. The smallest absolute Gasteiger partial charge is 0.411 e. The maximum Gasteiger partial charge on any atom is 0.411 e. The number of halogens is 2. The predicted octanol–water partition coefficient (Wildman–Crippen LogP) is 3.88. The minimum absolute atomic E-state index is 0.0129. The molecule has 0 aromatic heterocycles. The summed E-state index contributed by atoms with van der Waals surface area (Å²) in [4.78, 5) is 13.6. The van der Waals surface area contributed by atoms with Crippen molar-refractivity contribution in [1.82, 2.24) is 4.90 Å². The van der Waals surface area contributed by atoms with E-state index in [0.29, 0.717) is 0 Å². The highest BCUT2D eigenvalue weighted by atomic mass is 127. The van der Waals surface area contributed by atoms with Crippen LogP contribution in [0.5, 0.6) is 0 Å². The van der Waals surface area contributed by atoms with Gasteiger partial charge in [0.2, 0.25) is 0 Å². The van der Waals surface area contributed by atoms with Gasteiger partial charge < -0.3 is 4.74 Å². The molecule has 2 rings (SSSR count). The van der Waals surface area contributed by atoms with E-state index in [0.717, 1.165) is 5.56 Å². The van der Waals surface area contributed by atoms with Gasteiger partial charge in [0.15, 0.2) is 0 Å². The predicted molar refractivity (Wildman–Crippen MR) is 75.0 cm³/mol. The first kappa shape index (κ1) is 13.6. The van der Waals surface area contributed by atoms with Gasteiger partial charge >= 0.3 is 6.09 Å². The Balaban J connectivity index is 2.06. The van der Waals surface area contributed by atoms with E-state index in [1.807, 2.05) is 20.8 Å². The maximum absolute atomic E-state index is 12.8. The molecule has 1 aromatic carbocycles. The molecule has 0 unspecified atom stereocenters. The normalized spacial score (nSPS) is 22.8. The minimum Gasteiger partial charge on any atom is -0.444 e. The van der Waals surface area contributed by atoms with E-state index in [1.165, 1.54) is 12.1 Å². The van der Waals surface area contributed by atoms with Crippen LogP contribution in [-0.4, -0.2) is 20.6 Å². The molecule has 5 heteroatoms. The molecule has 0 aliphatic carbocycles. The van der Waals surface area contributed by atoms with Crippen molar-refractivity contribution >= 4 is 28.7 Å². The summed E-state index contributed by atoms with van der Waals surface area (Å²) in [6.07, 6.45) is -0.323. The second-order valence-corrected chi connectivity index (χ2v) is 6.53. The maximum atomic E-state index is 12.8. The summed E-state index contributed by atoms with van der Waals surface area (Å²) in [6, 6.07) is 6.21. The first-order valence-electron chi connectivity index (χ1n) is 5.70. The average molecular weight is 363 g/mol. The van der Waals surface area contributed by atoms with Crippen LogP contribution in [0.4, 0.5) is 9.18 Å². The van der Waals surface area contributed by atoms with Gasteiger partial charge in [-0.2, -0.15) is 0 Å². The van der Waals surface area contributed by atoms with Gasteiger partial charge in [0.25, 0.3) is 0 Å². The van der Waals surface area contributed by atoms with E-state index < -0.39 is 5.60 Å². The minimum atomic E-state index is -0.497. The summed E-state index contributed by atoms with van der Waals surface area (Å²) < 4.78 is 18.2. The quantitative estimate of drug-likeness (QED) is 0.328. The number of hydrogen-bond acceptors (Lipinski definition) is 2. The molecule has 3 nitrogen and oxygen atoms in total. The Morgan fingerprint density at radius 1 is 1.33 bits per heavy atom. The lowest BCUT2D eigenvalue weighted by Crippen LogP contribution is -2.27. The van der Waals surface area contributed by atoms with Crippen LogP contribution in [0.3, 0.4) is 0 Å². The molecule has 0 spiro atoms. The molecule has 0 N–H and O–H groups in total. The molecular weight excluding hydrogens is 348 g/mol. The second-order valence-electron chi connectivity index (χ2n) is 5.26. The van der Waals surface area contributed by atoms with Crippen molar-refractivity contribution in [2.75, 3.05) is 0 Å². The summed E-state index contributed by atoms with van der Waals surface area (Å²) in [6.45, 7) is 5.51. The van der Waals surface area contributed by atoms with Gasteiger partial charge in [0, 0.05) is 0 Å². The van der Waals surface area contributed by atoms with Crippen molar-refractivity contribution in [3.63, 3.8) is 0 Å². The second kappa shape index (κ2) is 4.68. The van der Waals surface area contributed by atoms with Gasteiger partial charge in [-0.15, -0.1) is 0 Å². The zero-order valence-electron chi connectivity index (χ0n) is 10.5. The number of ether oxygens (including phenoxy) is 1. The Labute approximate surface area is 119 Å². The summed E-state index contributed by atoms with van der Waals surface area (Å²) in [5.41, 5.74) is 0.435. The number of carbonyl (C=O) groups is 1. The Morgan fingerprint density at radius 2 is 1.89 bits per heavy atom. The number of alkyl halides is 1. The van der Waals surface area contributed by atoms with E-state index >= 15 is 0 Å². The number of hydrogen-bond donors (Lipinski definition) is 0. The largest absolute Gasteiger partial charge is 0.444 e. The number of carbonyl (C=O) groups excluding carboxylic acids is 1.